The quantitative estimate of drug-likeness (QED) is 0.685. The first-order valence-electron chi connectivity index (χ1n) is 3.56. The van der Waals surface area contributed by atoms with Gasteiger partial charge in [-0.25, -0.2) is 0 Å². The van der Waals surface area contributed by atoms with Crippen LogP contribution in [-0.2, 0) is 0 Å². The lowest BCUT2D eigenvalue weighted by molar-refractivity contribution is 0.112. The maximum atomic E-state index is 10.5. The highest BCUT2D eigenvalue weighted by Crippen LogP contribution is 2.22. The van der Waals surface area contributed by atoms with Crippen molar-refractivity contribution in [3.05, 3.63) is 36.5 Å². The summed E-state index contributed by atoms with van der Waals surface area (Å²) in [5, 5.41) is 0. The zero-order valence-corrected chi connectivity index (χ0v) is 6.28. The normalized spacial score (nSPS) is 10.0. The molecule has 0 aromatic carbocycles. The third-order valence-corrected chi connectivity index (χ3v) is 1.74. The van der Waals surface area contributed by atoms with E-state index in [1.165, 1.54) is 0 Å². The zero-order valence-electron chi connectivity index (χ0n) is 6.28. The molecule has 60 valence electrons. The van der Waals surface area contributed by atoms with Gasteiger partial charge in [0.1, 0.15) is 0 Å². The molecule has 0 amide bonds. The van der Waals surface area contributed by atoms with E-state index >= 15 is 0 Å². The van der Waals surface area contributed by atoms with Crippen molar-refractivity contribution in [2.45, 2.75) is 0 Å². The molecule has 3 heteroatoms. The third kappa shape index (κ3) is 0.955. The Bertz CT molecular complexity index is 373. The van der Waals surface area contributed by atoms with E-state index in [-0.39, 0.29) is 0 Å². The molecule has 0 aliphatic heterocycles. The van der Waals surface area contributed by atoms with Crippen LogP contribution in [0.1, 0.15) is 10.4 Å². The molecule has 0 saturated carbocycles. The lowest BCUT2D eigenvalue weighted by Gasteiger charge is -1.90. The molecule has 0 aliphatic rings. The second-order valence-electron chi connectivity index (χ2n) is 2.45. The van der Waals surface area contributed by atoms with Crippen LogP contribution in [0.4, 0.5) is 0 Å². The first-order valence-corrected chi connectivity index (χ1v) is 3.56. The average molecular weight is 161 g/mol. The molecule has 0 saturated heterocycles. The van der Waals surface area contributed by atoms with Crippen LogP contribution in [0.2, 0.25) is 0 Å². The Morgan fingerprint density at radius 3 is 3.00 bits per heavy atom. The van der Waals surface area contributed by atoms with Gasteiger partial charge in [-0.3, -0.25) is 4.79 Å². The van der Waals surface area contributed by atoms with Crippen molar-refractivity contribution in [1.29, 1.82) is 0 Å². The Kier molecular flexibility index (Phi) is 1.55. The first-order chi connectivity index (χ1) is 5.92. The predicted octanol–water partition coefficient (Wildman–Crippen LogP) is 2.09. The number of aromatic amines is 1. The summed E-state index contributed by atoms with van der Waals surface area (Å²) in [5.41, 5.74) is 2.44. The van der Waals surface area contributed by atoms with Crippen LogP contribution in [0, 0.1) is 0 Å². The standard InChI is InChI=1S/C9H7NO2/c11-5-8-3-10-4-9(8)7-1-2-12-6-7/h1-6,10H. The van der Waals surface area contributed by atoms with E-state index in [4.69, 9.17) is 4.42 Å². The Labute approximate surface area is 69.0 Å². The molecular weight excluding hydrogens is 154 g/mol. The van der Waals surface area contributed by atoms with Crippen LogP contribution in [-0.4, -0.2) is 11.3 Å². The van der Waals surface area contributed by atoms with Crippen molar-refractivity contribution in [1.82, 2.24) is 4.98 Å². The number of rotatable bonds is 2. The highest BCUT2D eigenvalue weighted by atomic mass is 16.3. The highest BCUT2D eigenvalue weighted by Gasteiger charge is 2.05. The van der Waals surface area contributed by atoms with Crippen LogP contribution in [0.15, 0.2) is 35.4 Å². The molecule has 2 rings (SSSR count). The van der Waals surface area contributed by atoms with Gasteiger partial charge in [-0.1, -0.05) is 0 Å². The summed E-state index contributed by atoms with van der Waals surface area (Å²) in [4.78, 5) is 13.4. The molecule has 3 nitrogen and oxygen atoms in total. The third-order valence-electron chi connectivity index (χ3n) is 1.74. The molecule has 0 spiro atoms. The van der Waals surface area contributed by atoms with Crippen molar-refractivity contribution in [2.75, 3.05) is 0 Å². The molecule has 0 aliphatic carbocycles. The summed E-state index contributed by atoms with van der Waals surface area (Å²) in [6, 6.07) is 1.82. The summed E-state index contributed by atoms with van der Waals surface area (Å²) in [6.45, 7) is 0. The maximum Gasteiger partial charge on any atom is 0.152 e. The van der Waals surface area contributed by atoms with E-state index in [1.807, 2.05) is 6.07 Å². The number of H-pyrrole nitrogens is 1. The molecule has 2 aromatic heterocycles. The number of furan rings is 1. The first kappa shape index (κ1) is 6.91. The topological polar surface area (TPSA) is 46.0 Å². The number of carbonyl (C=O) groups is 1. The number of aromatic nitrogens is 1. The van der Waals surface area contributed by atoms with E-state index in [0.717, 1.165) is 17.4 Å². The van der Waals surface area contributed by atoms with Gasteiger partial charge in [-0.15, -0.1) is 0 Å². The highest BCUT2D eigenvalue weighted by molar-refractivity contribution is 5.86. The number of hydrogen-bond donors (Lipinski definition) is 1. The Hall–Kier alpha value is -1.77. The molecule has 12 heavy (non-hydrogen) atoms. The summed E-state index contributed by atoms with van der Waals surface area (Å²) < 4.78 is 4.91. The lowest BCUT2D eigenvalue weighted by atomic mass is 10.1. The van der Waals surface area contributed by atoms with E-state index < -0.39 is 0 Å². The second-order valence-corrected chi connectivity index (χ2v) is 2.45. The maximum absolute atomic E-state index is 10.5. The number of hydrogen-bond acceptors (Lipinski definition) is 2. The van der Waals surface area contributed by atoms with Gasteiger partial charge in [0, 0.05) is 29.1 Å². The van der Waals surface area contributed by atoms with Crippen molar-refractivity contribution in [3.63, 3.8) is 0 Å². The van der Waals surface area contributed by atoms with Gasteiger partial charge in [0.2, 0.25) is 0 Å². The Morgan fingerprint density at radius 2 is 2.33 bits per heavy atom. The van der Waals surface area contributed by atoms with Gasteiger partial charge in [-0.2, -0.15) is 0 Å². The van der Waals surface area contributed by atoms with Gasteiger partial charge in [0.05, 0.1) is 12.5 Å². The molecule has 0 bridgehead atoms. The van der Waals surface area contributed by atoms with Gasteiger partial charge >= 0.3 is 0 Å². The van der Waals surface area contributed by atoms with Crippen LogP contribution < -0.4 is 0 Å². The summed E-state index contributed by atoms with van der Waals surface area (Å²) >= 11 is 0. The predicted molar refractivity (Wildman–Crippen MR) is 43.9 cm³/mol. The van der Waals surface area contributed by atoms with E-state index in [2.05, 4.69) is 4.98 Å². The van der Waals surface area contributed by atoms with Crippen LogP contribution in [0.3, 0.4) is 0 Å². The van der Waals surface area contributed by atoms with Gasteiger partial charge in [0.25, 0.3) is 0 Å². The molecule has 0 atom stereocenters. The van der Waals surface area contributed by atoms with Gasteiger partial charge in [0.15, 0.2) is 6.29 Å². The van der Waals surface area contributed by atoms with Gasteiger partial charge in [-0.05, 0) is 6.07 Å². The monoisotopic (exact) mass is 161 g/mol. The molecule has 1 N–H and O–H groups in total. The summed E-state index contributed by atoms with van der Waals surface area (Å²) in [5.74, 6) is 0. The summed E-state index contributed by atoms with van der Waals surface area (Å²) in [6.07, 6.45) is 7.44. The molecular formula is C9H7NO2. The van der Waals surface area contributed by atoms with Crippen molar-refractivity contribution in [3.8, 4) is 11.1 Å². The second kappa shape index (κ2) is 2.70. The fourth-order valence-electron chi connectivity index (χ4n) is 1.14. The molecule has 2 heterocycles. The minimum atomic E-state index is 0.649. The average Bonchev–Trinajstić information content (AvgIpc) is 2.74. The van der Waals surface area contributed by atoms with Crippen molar-refractivity contribution in [2.24, 2.45) is 0 Å². The SMILES string of the molecule is O=Cc1c[nH]cc1-c1ccoc1. The van der Waals surface area contributed by atoms with E-state index in [1.54, 1.807) is 24.9 Å². The lowest BCUT2D eigenvalue weighted by Crippen LogP contribution is -1.77. The molecule has 0 fully saturated rings. The zero-order chi connectivity index (χ0) is 8.39. The minimum absolute atomic E-state index is 0.649. The fraction of sp³-hybridized carbons (Fsp3) is 0. The van der Waals surface area contributed by atoms with Gasteiger partial charge < -0.3 is 9.40 Å². The number of nitrogens with one attached hydrogen (secondary N) is 1. The minimum Gasteiger partial charge on any atom is -0.472 e. The van der Waals surface area contributed by atoms with E-state index in [9.17, 15) is 4.79 Å². The molecule has 0 unspecified atom stereocenters. The molecule has 2 aromatic rings. The smallest absolute Gasteiger partial charge is 0.152 e. The van der Waals surface area contributed by atoms with Crippen LogP contribution in [0.25, 0.3) is 11.1 Å². The Morgan fingerprint density at radius 1 is 1.42 bits per heavy atom. The number of carbonyl (C=O) groups excluding carboxylic acids is 1. The Balaban J connectivity index is 2.53. The number of aldehydes is 1. The van der Waals surface area contributed by atoms with Crippen LogP contribution >= 0.6 is 0 Å². The molecule has 0 radical (unpaired) electrons. The summed E-state index contributed by atoms with van der Waals surface area (Å²) in [7, 11) is 0. The fourth-order valence-corrected chi connectivity index (χ4v) is 1.14. The largest absolute Gasteiger partial charge is 0.472 e. The van der Waals surface area contributed by atoms with Crippen molar-refractivity contribution < 1.29 is 9.21 Å². The van der Waals surface area contributed by atoms with E-state index in [0.29, 0.717) is 5.56 Å². The van der Waals surface area contributed by atoms with Crippen LogP contribution in [0.5, 0.6) is 0 Å². The van der Waals surface area contributed by atoms with Crippen molar-refractivity contribution >= 4 is 6.29 Å².